The number of anilines is 1. The average Bonchev–Trinajstić information content (AvgIpc) is 2.68. The number of hydrogen-bond acceptors (Lipinski definition) is 9. The van der Waals surface area contributed by atoms with Crippen molar-refractivity contribution in [3.63, 3.8) is 0 Å². The van der Waals surface area contributed by atoms with Gasteiger partial charge in [-0.1, -0.05) is 0 Å². The number of phenols is 1. The van der Waals surface area contributed by atoms with Gasteiger partial charge in [-0.15, -0.1) is 0 Å². The number of phenolic OH excluding ortho intramolecular Hbond substituents is 1. The molecule has 1 aromatic rings. The Morgan fingerprint density at radius 3 is 2.47 bits per heavy atom. The van der Waals surface area contributed by atoms with E-state index in [-0.39, 0.29) is 36.1 Å². The van der Waals surface area contributed by atoms with Crippen LogP contribution in [0.3, 0.4) is 0 Å². The molecule has 3 aliphatic rings. The van der Waals surface area contributed by atoms with Crippen LogP contribution in [0.25, 0.3) is 5.76 Å². The van der Waals surface area contributed by atoms with E-state index in [4.69, 9.17) is 11.5 Å². The van der Waals surface area contributed by atoms with Crippen LogP contribution in [-0.2, 0) is 27.3 Å². The van der Waals surface area contributed by atoms with Crippen LogP contribution in [0.1, 0.15) is 29.5 Å². The molecule has 0 bridgehead atoms. The predicted molar refractivity (Wildman–Crippen MR) is 113 cm³/mol. The van der Waals surface area contributed by atoms with E-state index < -0.39 is 52.0 Å². The first-order chi connectivity index (χ1) is 14.9. The molecule has 1 unspecified atom stereocenters. The molecule has 0 heterocycles. The number of aliphatic hydroxyl groups excluding tert-OH is 2. The number of carbonyl (C=O) groups excluding carboxylic acids is 3. The summed E-state index contributed by atoms with van der Waals surface area (Å²) in [5.74, 6) is -6.49. The Balaban J connectivity index is 1.92. The first kappa shape index (κ1) is 21.8. The number of hydrogen-bond donors (Lipinski definition) is 6. The van der Waals surface area contributed by atoms with Crippen molar-refractivity contribution in [3.05, 3.63) is 39.7 Å². The molecule has 0 saturated heterocycles. The van der Waals surface area contributed by atoms with Gasteiger partial charge in [0.1, 0.15) is 22.8 Å². The fourth-order valence-electron chi connectivity index (χ4n) is 5.24. The molecular formula is C22H25N3O7. The highest BCUT2D eigenvalue weighted by atomic mass is 16.3. The Morgan fingerprint density at radius 2 is 1.88 bits per heavy atom. The monoisotopic (exact) mass is 443 g/mol. The Bertz CT molecular complexity index is 1150. The van der Waals surface area contributed by atoms with Crippen LogP contribution in [0.4, 0.5) is 5.69 Å². The number of Topliss-reactive ketones (excluding diaryl/α,β-unsaturated/α-hetero) is 2. The van der Waals surface area contributed by atoms with E-state index in [1.54, 1.807) is 25.1 Å². The molecule has 1 saturated carbocycles. The summed E-state index contributed by atoms with van der Waals surface area (Å²) >= 11 is 0. The third-order valence-corrected chi connectivity index (χ3v) is 6.66. The lowest BCUT2D eigenvalue weighted by Crippen LogP contribution is -2.58. The summed E-state index contributed by atoms with van der Waals surface area (Å²) in [4.78, 5) is 39.2. The van der Waals surface area contributed by atoms with Gasteiger partial charge in [0.2, 0.25) is 5.78 Å². The van der Waals surface area contributed by atoms with E-state index in [2.05, 4.69) is 0 Å². The van der Waals surface area contributed by atoms with Crippen molar-refractivity contribution >= 4 is 28.9 Å². The van der Waals surface area contributed by atoms with Crippen LogP contribution in [-0.4, -0.2) is 62.5 Å². The molecule has 0 radical (unpaired) electrons. The number of fused-ring (bicyclic) bond motifs is 3. The zero-order valence-electron chi connectivity index (χ0n) is 17.7. The molecule has 1 aromatic carbocycles. The molecule has 1 amide bonds. The van der Waals surface area contributed by atoms with Crippen LogP contribution in [0.5, 0.6) is 5.75 Å². The SMILES string of the molecule is CN(C)Cc1cc(N)c2c(c1O)C(O)=C1C(=O)[C@]3(O)C(O)=C(C(N)=O)C(=O)C[C@@H]3CC1C2. The summed E-state index contributed by atoms with van der Waals surface area (Å²) in [5, 5.41) is 43.7. The molecule has 3 atom stereocenters. The van der Waals surface area contributed by atoms with E-state index in [0.717, 1.165) is 0 Å². The Kier molecular flexibility index (Phi) is 4.83. The van der Waals surface area contributed by atoms with Gasteiger partial charge in [-0.05, 0) is 44.5 Å². The first-order valence-electron chi connectivity index (χ1n) is 10.1. The summed E-state index contributed by atoms with van der Waals surface area (Å²) in [7, 11) is 3.58. The highest BCUT2D eigenvalue weighted by Gasteiger charge is 2.60. The van der Waals surface area contributed by atoms with Crippen molar-refractivity contribution in [2.24, 2.45) is 17.6 Å². The second-order valence-electron chi connectivity index (χ2n) is 8.97. The number of rotatable bonds is 3. The molecule has 1 fully saturated rings. The van der Waals surface area contributed by atoms with Crippen LogP contribution in [0.2, 0.25) is 0 Å². The van der Waals surface area contributed by atoms with E-state index in [9.17, 15) is 34.8 Å². The molecule has 10 heteroatoms. The Hall–Kier alpha value is -3.37. The summed E-state index contributed by atoms with van der Waals surface area (Å²) in [6.45, 7) is 0.322. The molecule has 4 rings (SSSR count). The number of nitrogen functional groups attached to an aromatic ring is 1. The van der Waals surface area contributed by atoms with E-state index in [0.29, 0.717) is 23.4 Å². The van der Waals surface area contributed by atoms with Gasteiger partial charge in [-0.2, -0.15) is 0 Å². The molecule has 0 aliphatic heterocycles. The van der Waals surface area contributed by atoms with Gasteiger partial charge in [0.25, 0.3) is 5.91 Å². The smallest absolute Gasteiger partial charge is 0.255 e. The molecule has 0 spiro atoms. The fourth-order valence-corrected chi connectivity index (χ4v) is 5.24. The van der Waals surface area contributed by atoms with E-state index in [1.165, 1.54) is 0 Å². The van der Waals surface area contributed by atoms with Crippen molar-refractivity contribution in [1.82, 2.24) is 4.90 Å². The number of nitrogens with zero attached hydrogens (tertiary/aromatic N) is 1. The standard InChI is InChI=1S/C22H25N3O7/c1-25(2)7-9-5-12(23)11-4-8-3-10-6-13(26)16(21(24)31)20(30)22(10,32)19(29)14(8)18(28)15(11)17(9)27/h5,8,10,27-28,30,32H,3-4,6-7,23H2,1-2H3,(H2,24,31)/t8?,10-,22-/m0/s1. The lowest BCUT2D eigenvalue weighted by atomic mass is 9.59. The Morgan fingerprint density at radius 1 is 1.22 bits per heavy atom. The Labute approximate surface area is 183 Å². The van der Waals surface area contributed by atoms with Crippen molar-refractivity contribution in [2.45, 2.75) is 31.4 Å². The lowest BCUT2D eigenvalue weighted by Gasteiger charge is -2.46. The van der Waals surface area contributed by atoms with E-state index >= 15 is 0 Å². The van der Waals surface area contributed by atoms with Gasteiger partial charge in [0.15, 0.2) is 11.4 Å². The van der Waals surface area contributed by atoms with Gasteiger partial charge >= 0.3 is 0 Å². The van der Waals surface area contributed by atoms with Crippen molar-refractivity contribution < 1.29 is 34.8 Å². The summed E-state index contributed by atoms with van der Waals surface area (Å²) < 4.78 is 0. The minimum Gasteiger partial charge on any atom is -0.508 e. The zero-order valence-corrected chi connectivity index (χ0v) is 17.7. The number of aromatic hydroxyl groups is 1. The summed E-state index contributed by atoms with van der Waals surface area (Å²) in [6, 6.07) is 1.62. The van der Waals surface area contributed by atoms with E-state index in [1.807, 2.05) is 0 Å². The first-order valence-corrected chi connectivity index (χ1v) is 10.1. The van der Waals surface area contributed by atoms with Crippen LogP contribution in [0, 0.1) is 11.8 Å². The van der Waals surface area contributed by atoms with Gasteiger partial charge < -0.3 is 36.8 Å². The number of nitrogens with two attached hydrogens (primary N) is 2. The largest absolute Gasteiger partial charge is 0.508 e. The van der Waals surface area contributed by atoms with Crippen molar-refractivity contribution in [2.75, 3.05) is 19.8 Å². The average molecular weight is 443 g/mol. The molecule has 10 nitrogen and oxygen atoms in total. The number of amides is 1. The van der Waals surface area contributed by atoms with Gasteiger partial charge in [0, 0.05) is 35.7 Å². The van der Waals surface area contributed by atoms with Gasteiger partial charge in [-0.25, -0.2) is 0 Å². The normalized spacial score (nSPS) is 27.4. The van der Waals surface area contributed by atoms with Crippen LogP contribution < -0.4 is 11.5 Å². The molecule has 0 aromatic heterocycles. The van der Waals surface area contributed by atoms with Gasteiger partial charge in [0.05, 0.1) is 5.56 Å². The maximum absolute atomic E-state index is 13.4. The fraction of sp³-hybridized carbons (Fsp3) is 0.409. The lowest BCUT2D eigenvalue weighted by molar-refractivity contribution is -0.147. The topological polar surface area (TPSA) is 187 Å². The van der Waals surface area contributed by atoms with Gasteiger partial charge in [-0.3, -0.25) is 14.4 Å². The number of primary amides is 1. The second kappa shape index (κ2) is 7.07. The number of aliphatic hydroxyl groups is 3. The highest BCUT2D eigenvalue weighted by Crippen LogP contribution is 2.53. The zero-order chi connectivity index (χ0) is 23.7. The molecule has 170 valence electrons. The molecule has 32 heavy (non-hydrogen) atoms. The summed E-state index contributed by atoms with van der Waals surface area (Å²) in [5.41, 5.74) is 9.08. The van der Waals surface area contributed by atoms with Crippen LogP contribution >= 0.6 is 0 Å². The van der Waals surface area contributed by atoms with Crippen molar-refractivity contribution in [3.8, 4) is 5.75 Å². The minimum atomic E-state index is -2.57. The predicted octanol–water partition coefficient (Wildman–Crippen LogP) is 0.0677. The maximum atomic E-state index is 13.4. The quantitative estimate of drug-likeness (QED) is 0.213. The number of benzene rings is 1. The third-order valence-electron chi connectivity index (χ3n) is 6.66. The summed E-state index contributed by atoms with van der Waals surface area (Å²) in [6.07, 6.45) is -0.0942. The number of ketones is 2. The third kappa shape index (κ3) is 2.83. The van der Waals surface area contributed by atoms with Crippen LogP contribution in [0.15, 0.2) is 23.0 Å². The molecule has 8 N–H and O–H groups in total. The van der Waals surface area contributed by atoms with Crippen molar-refractivity contribution in [1.29, 1.82) is 0 Å². The highest BCUT2D eigenvalue weighted by molar-refractivity contribution is 6.22. The second-order valence-corrected chi connectivity index (χ2v) is 8.97. The minimum absolute atomic E-state index is 0.00831. The molecular weight excluding hydrogens is 418 g/mol. The molecule has 3 aliphatic carbocycles. The number of carbonyl (C=O) groups is 3. The maximum Gasteiger partial charge on any atom is 0.255 e.